The third-order valence-corrected chi connectivity index (χ3v) is 6.98. The van der Waals surface area contributed by atoms with Gasteiger partial charge in [-0.15, -0.1) is 0 Å². The van der Waals surface area contributed by atoms with E-state index in [0.29, 0.717) is 16.3 Å². The number of aromatic nitrogens is 2. The minimum atomic E-state index is -1.21. The molecule has 2 aromatic heterocycles. The number of hydrogen-bond acceptors (Lipinski definition) is 6. The molecule has 168 valence electrons. The molecule has 2 N–H and O–H groups in total. The SMILES string of the molecule is CNC(c1ncco1)C1CCN(c2c(Cl)cc3c(=O)c(C(=O)O)cn(C4CC4)c3c2C)C1. The summed E-state index contributed by atoms with van der Waals surface area (Å²) in [7, 11) is 1.90. The molecule has 9 heteroatoms. The first-order chi connectivity index (χ1) is 15.4. The number of carbonyl (C=O) groups is 1. The number of carboxylic acid groups (broad SMARTS) is 1. The summed E-state index contributed by atoms with van der Waals surface area (Å²) in [6.07, 6.45) is 7.62. The molecule has 32 heavy (non-hydrogen) atoms. The predicted octanol–water partition coefficient (Wildman–Crippen LogP) is 3.77. The normalized spacial score (nSPS) is 19.6. The molecule has 0 amide bonds. The van der Waals surface area contributed by atoms with Crippen LogP contribution < -0.4 is 15.6 Å². The average Bonchev–Trinajstić information content (AvgIpc) is 3.25. The Labute approximate surface area is 189 Å². The van der Waals surface area contributed by atoms with E-state index in [1.54, 1.807) is 18.5 Å². The molecule has 2 fully saturated rings. The summed E-state index contributed by atoms with van der Waals surface area (Å²) in [5, 5.41) is 13.7. The maximum Gasteiger partial charge on any atom is 0.341 e. The van der Waals surface area contributed by atoms with Gasteiger partial charge in [0.05, 0.1) is 28.5 Å². The smallest absolute Gasteiger partial charge is 0.341 e. The van der Waals surface area contributed by atoms with Gasteiger partial charge in [-0.2, -0.15) is 0 Å². The van der Waals surface area contributed by atoms with Crippen molar-refractivity contribution in [2.24, 2.45) is 5.92 Å². The fraction of sp³-hybridized carbons (Fsp3) is 0.435. The molecular formula is C23H25ClN4O4. The van der Waals surface area contributed by atoms with Crippen LogP contribution in [-0.4, -0.2) is 40.8 Å². The number of nitrogens with zero attached hydrogens (tertiary/aromatic N) is 3. The number of oxazole rings is 1. The third kappa shape index (κ3) is 3.38. The van der Waals surface area contributed by atoms with Crippen LogP contribution in [0.15, 0.2) is 33.9 Å². The van der Waals surface area contributed by atoms with Crippen molar-refractivity contribution >= 4 is 34.2 Å². The largest absolute Gasteiger partial charge is 0.477 e. The van der Waals surface area contributed by atoms with Crippen LogP contribution in [0, 0.1) is 12.8 Å². The molecule has 0 bridgehead atoms. The van der Waals surface area contributed by atoms with Crippen molar-refractivity contribution in [1.29, 1.82) is 0 Å². The lowest BCUT2D eigenvalue weighted by atomic mass is 9.99. The summed E-state index contributed by atoms with van der Waals surface area (Å²) in [6.45, 7) is 3.55. The van der Waals surface area contributed by atoms with Gasteiger partial charge in [-0.05, 0) is 44.9 Å². The van der Waals surface area contributed by atoms with E-state index in [1.807, 2.05) is 18.5 Å². The van der Waals surface area contributed by atoms with Gasteiger partial charge in [-0.25, -0.2) is 9.78 Å². The van der Waals surface area contributed by atoms with Gasteiger partial charge in [-0.3, -0.25) is 4.79 Å². The maximum atomic E-state index is 12.9. The van der Waals surface area contributed by atoms with Crippen molar-refractivity contribution < 1.29 is 14.3 Å². The molecule has 0 radical (unpaired) electrons. The molecule has 1 aliphatic heterocycles. The second kappa shape index (κ2) is 7.94. The monoisotopic (exact) mass is 456 g/mol. The molecular weight excluding hydrogens is 432 g/mol. The molecule has 8 nitrogen and oxygen atoms in total. The summed E-state index contributed by atoms with van der Waals surface area (Å²) in [4.78, 5) is 31.1. The number of anilines is 1. The van der Waals surface area contributed by atoms with E-state index in [4.69, 9.17) is 16.0 Å². The Morgan fingerprint density at radius 1 is 1.38 bits per heavy atom. The van der Waals surface area contributed by atoms with E-state index in [2.05, 4.69) is 15.2 Å². The first kappa shape index (κ1) is 21.0. The molecule has 2 atom stereocenters. The van der Waals surface area contributed by atoms with E-state index >= 15 is 0 Å². The number of aryl methyl sites for hydroxylation is 1. The second-order valence-corrected chi connectivity index (χ2v) is 9.08. The quantitative estimate of drug-likeness (QED) is 0.582. The van der Waals surface area contributed by atoms with Gasteiger partial charge >= 0.3 is 5.97 Å². The van der Waals surface area contributed by atoms with Crippen LogP contribution in [0.2, 0.25) is 5.02 Å². The van der Waals surface area contributed by atoms with Gasteiger partial charge in [0.1, 0.15) is 11.8 Å². The predicted molar refractivity (Wildman–Crippen MR) is 122 cm³/mol. The maximum absolute atomic E-state index is 12.9. The van der Waals surface area contributed by atoms with Crippen molar-refractivity contribution in [3.63, 3.8) is 0 Å². The number of pyridine rings is 1. The highest BCUT2D eigenvalue weighted by Gasteiger charge is 2.35. The lowest BCUT2D eigenvalue weighted by molar-refractivity contribution is 0.0695. The number of carboxylic acids is 1. The summed E-state index contributed by atoms with van der Waals surface area (Å²) in [6, 6.07) is 1.86. The molecule has 3 aromatic rings. The molecule has 1 aromatic carbocycles. The Morgan fingerprint density at radius 2 is 2.16 bits per heavy atom. The number of fused-ring (bicyclic) bond motifs is 1. The van der Waals surface area contributed by atoms with Crippen molar-refractivity contribution in [1.82, 2.24) is 14.9 Å². The summed E-state index contributed by atoms with van der Waals surface area (Å²) in [5.41, 5.74) is 1.89. The van der Waals surface area contributed by atoms with Gasteiger partial charge in [0.25, 0.3) is 0 Å². The van der Waals surface area contributed by atoms with E-state index < -0.39 is 11.4 Å². The van der Waals surface area contributed by atoms with Gasteiger partial charge in [0, 0.05) is 36.6 Å². The van der Waals surface area contributed by atoms with Gasteiger partial charge in [0.2, 0.25) is 11.3 Å². The molecule has 5 rings (SSSR count). The lowest BCUT2D eigenvalue weighted by Gasteiger charge is -2.26. The number of benzene rings is 1. The summed E-state index contributed by atoms with van der Waals surface area (Å²) < 4.78 is 7.50. The Hall–Kier alpha value is -2.84. The van der Waals surface area contributed by atoms with Crippen molar-refractivity contribution in [2.45, 2.75) is 38.3 Å². The Kier molecular flexibility index (Phi) is 5.22. The second-order valence-electron chi connectivity index (χ2n) is 8.68. The van der Waals surface area contributed by atoms with Gasteiger partial charge in [-0.1, -0.05) is 11.6 Å². The molecule has 2 aliphatic rings. The first-order valence-electron chi connectivity index (χ1n) is 10.8. The fourth-order valence-corrected chi connectivity index (χ4v) is 5.43. The number of nitrogens with one attached hydrogen (secondary N) is 1. The van der Waals surface area contributed by atoms with Gasteiger partial charge in [0.15, 0.2) is 0 Å². The number of halogens is 1. The van der Waals surface area contributed by atoms with Crippen molar-refractivity contribution in [3.05, 3.63) is 57.0 Å². The topological polar surface area (TPSA) is 101 Å². The highest BCUT2D eigenvalue weighted by molar-refractivity contribution is 6.34. The molecule has 1 aliphatic carbocycles. The zero-order valence-electron chi connectivity index (χ0n) is 18.0. The van der Waals surface area contributed by atoms with Gasteiger partial charge < -0.3 is 24.3 Å². The van der Waals surface area contributed by atoms with Crippen LogP contribution in [0.4, 0.5) is 5.69 Å². The van der Waals surface area contributed by atoms with Crippen LogP contribution >= 0.6 is 11.6 Å². The average molecular weight is 457 g/mol. The number of hydrogen-bond donors (Lipinski definition) is 2. The molecule has 1 saturated heterocycles. The molecule has 1 saturated carbocycles. The molecule has 2 unspecified atom stereocenters. The van der Waals surface area contributed by atoms with Crippen LogP contribution in [0.3, 0.4) is 0 Å². The molecule has 3 heterocycles. The van der Waals surface area contributed by atoms with Crippen molar-refractivity contribution in [2.75, 3.05) is 25.0 Å². The number of rotatable bonds is 6. The minimum Gasteiger partial charge on any atom is -0.477 e. The Morgan fingerprint density at radius 3 is 2.78 bits per heavy atom. The third-order valence-electron chi connectivity index (χ3n) is 6.69. The van der Waals surface area contributed by atoms with Crippen molar-refractivity contribution in [3.8, 4) is 0 Å². The van der Waals surface area contributed by atoms with E-state index in [9.17, 15) is 14.7 Å². The lowest BCUT2D eigenvalue weighted by Crippen LogP contribution is -2.29. The van der Waals surface area contributed by atoms with Crippen LogP contribution in [0.5, 0.6) is 0 Å². The Bertz CT molecular complexity index is 1250. The van der Waals surface area contributed by atoms with E-state index in [1.165, 1.54) is 6.20 Å². The zero-order valence-corrected chi connectivity index (χ0v) is 18.7. The van der Waals surface area contributed by atoms with E-state index in [-0.39, 0.29) is 23.6 Å². The van der Waals surface area contributed by atoms with Crippen LogP contribution in [0.1, 0.15) is 53.2 Å². The molecule has 0 spiro atoms. The van der Waals surface area contributed by atoms with Crippen LogP contribution in [-0.2, 0) is 0 Å². The zero-order chi connectivity index (χ0) is 22.6. The highest BCUT2D eigenvalue weighted by atomic mass is 35.5. The van der Waals surface area contributed by atoms with E-state index in [0.717, 1.165) is 49.1 Å². The first-order valence-corrected chi connectivity index (χ1v) is 11.2. The van der Waals surface area contributed by atoms with Crippen LogP contribution in [0.25, 0.3) is 10.9 Å². The minimum absolute atomic E-state index is 0.00249. The highest BCUT2D eigenvalue weighted by Crippen LogP contribution is 2.43. The standard InChI is InChI=1S/C23H25ClN4O4/c1-12-19-15(21(29)16(23(30)31)11-28(19)14-3-4-14)9-17(24)20(12)27-7-5-13(10-27)18(25-2)22-26-6-8-32-22/h6,8-9,11,13-14,18,25H,3-5,7,10H2,1-2H3,(H,30,31). The Balaban J connectivity index is 1.58. The summed E-state index contributed by atoms with van der Waals surface area (Å²) in [5.74, 6) is -0.259. The fourth-order valence-electron chi connectivity index (χ4n) is 5.06. The number of aromatic carboxylic acids is 1. The summed E-state index contributed by atoms with van der Waals surface area (Å²) >= 11 is 6.72.